The number of likely N-dealkylation sites (N-methyl/N-ethyl adjacent to an activating group) is 1. The summed E-state index contributed by atoms with van der Waals surface area (Å²) in [6.07, 6.45) is 0.417. The van der Waals surface area contributed by atoms with Crippen LogP contribution in [-0.2, 0) is 16.6 Å². The van der Waals surface area contributed by atoms with Crippen molar-refractivity contribution in [2.75, 3.05) is 6.54 Å². The fraction of sp³-hybridized carbons (Fsp3) is 0.714. The molecule has 0 amide bonds. The van der Waals surface area contributed by atoms with Gasteiger partial charge in [-0.15, -0.1) is 11.3 Å². The van der Waals surface area contributed by atoms with Gasteiger partial charge in [0.15, 0.2) is 5.78 Å². The molecule has 18 heavy (non-hydrogen) atoms. The Morgan fingerprint density at radius 3 is 2.39 bits per heavy atom. The summed E-state index contributed by atoms with van der Waals surface area (Å²) in [5.41, 5.74) is 0.647. The van der Waals surface area contributed by atoms with E-state index < -0.39 is 5.54 Å². The van der Waals surface area contributed by atoms with Crippen molar-refractivity contribution in [2.24, 2.45) is 0 Å². The summed E-state index contributed by atoms with van der Waals surface area (Å²) in [5.74, 6) is 0.194. The van der Waals surface area contributed by atoms with E-state index in [1.54, 1.807) is 11.3 Å². The van der Waals surface area contributed by atoms with Crippen LogP contribution in [0.15, 0.2) is 5.38 Å². The molecule has 1 N–H and O–H groups in total. The average Bonchev–Trinajstić information content (AvgIpc) is 2.65. The predicted molar refractivity (Wildman–Crippen MR) is 77.3 cm³/mol. The Morgan fingerprint density at radius 2 is 1.94 bits per heavy atom. The maximum atomic E-state index is 12.2. The minimum absolute atomic E-state index is 0.0506. The van der Waals surface area contributed by atoms with Crippen molar-refractivity contribution in [3.63, 3.8) is 0 Å². The molecule has 0 aliphatic rings. The molecule has 0 saturated heterocycles. The third kappa shape index (κ3) is 3.89. The molecule has 0 aliphatic carbocycles. The monoisotopic (exact) mass is 268 g/mol. The van der Waals surface area contributed by atoms with Crippen molar-refractivity contribution in [3.8, 4) is 0 Å². The molecule has 0 saturated carbocycles. The van der Waals surface area contributed by atoms with Gasteiger partial charge in [-0.2, -0.15) is 0 Å². The number of hydrogen-bond donors (Lipinski definition) is 1. The first-order valence-electron chi connectivity index (χ1n) is 6.40. The number of thiazole rings is 1. The highest BCUT2D eigenvalue weighted by Crippen LogP contribution is 2.24. The van der Waals surface area contributed by atoms with Gasteiger partial charge in [-0.3, -0.25) is 4.79 Å². The highest BCUT2D eigenvalue weighted by molar-refractivity contribution is 7.09. The predicted octanol–water partition coefficient (Wildman–Crippen LogP) is 2.94. The quantitative estimate of drug-likeness (QED) is 0.892. The third-order valence-electron chi connectivity index (χ3n) is 2.95. The number of ketones is 1. The minimum atomic E-state index is -0.470. The van der Waals surface area contributed by atoms with Gasteiger partial charge in [-0.25, -0.2) is 4.98 Å². The van der Waals surface area contributed by atoms with E-state index >= 15 is 0 Å². The van der Waals surface area contributed by atoms with Gasteiger partial charge in [0.05, 0.1) is 17.7 Å². The largest absolute Gasteiger partial charge is 0.306 e. The topological polar surface area (TPSA) is 42.0 Å². The van der Waals surface area contributed by atoms with Crippen LogP contribution in [0.3, 0.4) is 0 Å². The molecule has 0 aromatic carbocycles. The molecule has 0 bridgehead atoms. The van der Waals surface area contributed by atoms with Crippen LogP contribution >= 0.6 is 11.3 Å². The lowest BCUT2D eigenvalue weighted by Crippen LogP contribution is -2.47. The van der Waals surface area contributed by atoms with Gasteiger partial charge in [-0.1, -0.05) is 27.7 Å². The zero-order valence-corrected chi connectivity index (χ0v) is 13.1. The SMILES string of the molecule is CCNC(C)(C)C(=O)Cc1nc(C(C)(C)C)cs1. The Kier molecular flexibility index (Phi) is 4.67. The molecule has 1 heterocycles. The molecule has 0 aliphatic heterocycles. The summed E-state index contributed by atoms with van der Waals surface area (Å²) in [4.78, 5) is 16.8. The summed E-state index contributed by atoms with van der Waals surface area (Å²) >= 11 is 1.58. The zero-order valence-electron chi connectivity index (χ0n) is 12.3. The van der Waals surface area contributed by atoms with E-state index in [1.165, 1.54) is 0 Å². The first kappa shape index (κ1) is 15.3. The average molecular weight is 268 g/mol. The van der Waals surface area contributed by atoms with Crippen molar-refractivity contribution in [2.45, 2.75) is 58.9 Å². The molecule has 102 valence electrons. The summed E-state index contributed by atoms with van der Waals surface area (Å²) in [5, 5.41) is 6.18. The van der Waals surface area contributed by atoms with Crippen LogP contribution in [-0.4, -0.2) is 22.9 Å². The maximum absolute atomic E-state index is 12.2. The van der Waals surface area contributed by atoms with Crippen molar-refractivity contribution in [1.29, 1.82) is 0 Å². The molecule has 3 nitrogen and oxygen atoms in total. The molecule has 4 heteroatoms. The van der Waals surface area contributed by atoms with Crippen molar-refractivity contribution < 1.29 is 4.79 Å². The Hall–Kier alpha value is -0.740. The van der Waals surface area contributed by atoms with Crippen LogP contribution in [0.2, 0.25) is 0 Å². The number of rotatable bonds is 5. The fourth-order valence-corrected chi connectivity index (χ4v) is 2.65. The van der Waals surface area contributed by atoms with Gasteiger partial charge in [0.2, 0.25) is 0 Å². The van der Waals surface area contributed by atoms with E-state index in [0.717, 1.165) is 17.2 Å². The van der Waals surface area contributed by atoms with Gasteiger partial charge in [0.25, 0.3) is 0 Å². The standard InChI is InChI=1S/C14H24N2OS/c1-7-15-14(5,6)11(17)8-12-16-10(9-18-12)13(2,3)4/h9,15H,7-8H2,1-6H3. The van der Waals surface area contributed by atoms with E-state index in [4.69, 9.17) is 0 Å². The van der Waals surface area contributed by atoms with Crippen molar-refractivity contribution in [1.82, 2.24) is 10.3 Å². The fourth-order valence-electron chi connectivity index (χ4n) is 1.64. The molecule has 0 atom stereocenters. The van der Waals surface area contributed by atoms with Crippen LogP contribution in [0.4, 0.5) is 0 Å². The van der Waals surface area contributed by atoms with Gasteiger partial charge in [0.1, 0.15) is 5.01 Å². The van der Waals surface area contributed by atoms with Crippen LogP contribution in [0.25, 0.3) is 0 Å². The third-order valence-corrected chi connectivity index (χ3v) is 3.80. The Morgan fingerprint density at radius 1 is 1.33 bits per heavy atom. The Bertz CT molecular complexity index is 416. The first-order valence-corrected chi connectivity index (χ1v) is 7.28. The van der Waals surface area contributed by atoms with E-state index in [0.29, 0.717) is 6.42 Å². The number of aromatic nitrogens is 1. The van der Waals surface area contributed by atoms with Crippen LogP contribution in [0.5, 0.6) is 0 Å². The second-order valence-corrected chi connectivity index (χ2v) is 7.07. The lowest BCUT2D eigenvalue weighted by molar-refractivity contribution is -0.123. The summed E-state index contributed by atoms with van der Waals surface area (Å²) in [6.45, 7) is 13.1. The van der Waals surface area contributed by atoms with Crippen LogP contribution < -0.4 is 5.32 Å². The van der Waals surface area contributed by atoms with Crippen LogP contribution in [0.1, 0.15) is 52.2 Å². The molecule has 1 aromatic heterocycles. The van der Waals surface area contributed by atoms with E-state index in [2.05, 4.69) is 36.5 Å². The molecular weight excluding hydrogens is 244 g/mol. The molecular formula is C14H24N2OS. The van der Waals surface area contributed by atoms with E-state index in [9.17, 15) is 4.79 Å². The number of hydrogen-bond acceptors (Lipinski definition) is 4. The summed E-state index contributed by atoms with van der Waals surface area (Å²) in [6, 6.07) is 0. The molecule has 1 aromatic rings. The van der Waals surface area contributed by atoms with Crippen molar-refractivity contribution in [3.05, 3.63) is 16.1 Å². The van der Waals surface area contributed by atoms with Gasteiger partial charge >= 0.3 is 0 Å². The van der Waals surface area contributed by atoms with Gasteiger partial charge in [0, 0.05) is 10.8 Å². The highest BCUT2D eigenvalue weighted by atomic mass is 32.1. The van der Waals surface area contributed by atoms with E-state index in [-0.39, 0.29) is 11.2 Å². The first-order chi connectivity index (χ1) is 8.16. The normalized spacial score (nSPS) is 12.8. The molecule has 0 fully saturated rings. The lowest BCUT2D eigenvalue weighted by atomic mass is 9.93. The van der Waals surface area contributed by atoms with Crippen LogP contribution in [0, 0.1) is 0 Å². The molecule has 0 unspecified atom stereocenters. The minimum Gasteiger partial charge on any atom is -0.306 e. The van der Waals surface area contributed by atoms with Crippen molar-refractivity contribution >= 4 is 17.1 Å². The number of Topliss-reactive ketones (excluding diaryl/α,β-unsaturated/α-hetero) is 1. The highest BCUT2D eigenvalue weighted by Gasteiger charge is 2.27. The number of carbonyl (C=O) groups is 1. The maximum Gasteiger partial charge on any atom is 0.159 e. The molecule has 1 rings (SSSR count). The van der Waals surface area contributed by atoms with Gasteiger partial charge in [-0.05, 0) is 20.4 Å². The van der Waals surface area contributed by atoms with Gasteiger partial charge < -0.3 is 5.32 Å². The second kappa shape index (κ2) is 5.49. The number of nitrogens with one attached hydrogen (secondary N) is 1. The molecule has 0 radical (unpaired) electrons. The number of carbonyl (C=O) groups excluding carboxylic acids is 1. The second-order valence-electron chi connectivity index (χ2n) is 6.13. The summed E-state index contributed by atoms with van der Waals surface area (Å²) < 4.78 is 0. The smallest absolute Gasteiger partial charge is 0.159 e. The van der Waals surface area contributed by atoms with E-state index in [1.807, 2.05) is 20.8 Å². The Balaban J connectivity index is 2.74. The Labute approximate surface area is 114 Å². The molecule has 0 spiro atoms. The lowest BCUT2D eigenvalue weighted by Gasteiger charge is -2.23. The zero-order chi connectivity index (χ0) is 14.0. The number of nitrogens with zero attached hydrogens (tertiary/aromatic N) is 1. The summed E-state index contributed by atoms with van der Waals surface area (Å²) in [7, 11) is 0.